The van der Waals surface area contributed by atoms with Gasteiger partial charge in [0.25, 0.3) is 0 Å². The van der Waals surface area contributed by atoms with Gasteiger partial charge in [-0.15, -0.1) is 0 Å². The second kappa shape index (κ2) is 8.09. The molecule has 0 aromatic heterocycles. The highest BCUT2D eigenvalue weighted by Crippen LogP contribution is 2.57. The van der Waals surface area contributed by atoms with Crippen LogP contribution in [0.25, 0.3) is 0 Å². The van der Waals surface area contributed by atoms with Crippen molar-refractivity contribution in [3.8, 4) is 5.75 Å². The third-order valence-electron chi connectivity index (χ3n) is 2.78. The smallest absolute Gasteiger partial charge is 0.362 e. The van der Waals surface area contributed by atoms with E-state index in [1.165, 1.54) is 7.11 Å². The minimum absolute atomic E-state index is 0.397. The Labute approximate surface area is 131 Å². The van der Waals surface area contributed by atoms with Gasteiger partial charge in [0, 0.05) is 0 Å². The Kier molecular flexibility index (Phi) is 7.03. The molecule has 0 amide bonds. The first-order valence-corrected chi connectivity index (χ1v) is 8.77. The monoisotopic (exact) mass is 332 g/mol. The molecule has 0 aliphatic rings. The van der Waals surface area contributed by atoms with E-state index < -0.39 is 31.8 Å². The van der Waals surface area contributed by atoms with Gasteiger partial charge in [0.1, 0.15) is 11.9 Å². The van der Waals surface area contributed by atoms with Crippen LogP contribution < -0.4 is 4.74 Å². The Hall–Kier alpha value is -0.910. The van der Waals surface area contributed by atoms with Gasteiger partial charge in [-0.05, 0) is 45.4 Å². The van der Waals surface area contributed by atoms with Crippen molar-refractivity contribution in [2.24, 2.45) is 0 Å². The van der Waals surface area contributed by atoms with Crippen LogP contribution in [0.3, 0.4) is 0 Å². The van der Waals surface area contributed by atoms with Crippen molar-refractivity contribution in [2.45, 2.75) is 51.9 Å². The van der Waals surface area contributed by atoms with Crippen molar-refractivity contribution in [3.05, 3.63) is 29.8 Å². The molecule has 1 aromatic rings. The Balaban J connectivity index is 3.00. The summed E-state index contributed by atoms with van der Waals surface area (Å²) in [6, 6.07) is 6.45. The van der Waals surface area contributed by atoms with E-state index in [0.29, 0.717) is 11.3 Å². The first-order chi connectivity index (χ1) is 10.2. The van der Waals surface area contributed by atoms with Gasteiger partial charge in [-0.25, -0.2) is 0 Å². The highest BCUT2D eigenvalue weighted by Gasteiger charge is 2.42. The summed E-state index contributed by atoms with van der Waals surface area (Å²) in [5.41, 5.74) is 0.397. The molecular weight excluding hydrogens is 307 g/mol. The van der Waals surface area contributed by atoms with Crippen LogP contribution in [-0.2, 0) is 13.6 Å². The van der Waals surface area contributed by atoms with Gasteiger partial charge < -0.3 is 24.0 Å². The fourth-order valence-corrected chi connectivity index (χ4v) is 3.88. The number of methoxy groups -OCH3 is 1. The molecule has 0 aliphatic carbocycles. The van der Waals surface area contributed by atoms with Crippen molar-refractivity contribution in [3.63, 3.8) is 0 Å². The molecule has 0 unspecified atom stereocenters. The van der Waals surface area contributed by atoms with Gasteiger partial charge in [0.05, 0.1) is 19.3 Å². The molecule has 7 heteroatoms. The van der Waals surface area contributed by atoms with Crippen molar-refractivity contribution in [1.82, 2.24) is 0 Å². The molecule has 1 aromatic carbocycles. The molecule has 2 atom stereocenters. The second-order valence-corrected chi connectivity index (χ2v) is 7.51. The summed E-state index contributed by atoms with van der Waals surface area (Å²) in [6.45, 7) is 6.73. The number of hydrogen-bond donors (Lipinski definition) is 2. The molecule has 0 heterocycles. The molecule has 0 aliphatic heterocycles. The zero-order valence-electron chi connectivity index (χ0n) is 13.6. The molecular formula is C15H25O6P. The molecule has 0 radical (unpaired) electrons. The summed E-state index contributed by atoms with van der Waals surface area (Å²) in [5, 5.41) is 20.6. The largest absolute Gasteiger partial charge is 0.497 e. The topological polar surface area (TPSA) is 85.2 Å². The van der Waals surface area contributed by atoms with Crippen LogP contribution in [0.5, 0.6) is 5.75 Å². The Morgan fingerprint density at radius 3 is 1.77 bits per heavy atom. The van der Waals surface area contributed by atoms with Crippen LogP contribution in [-0.4, -0.2) is 35.4 Å². The van der Waals surface area contributed by atoms with Crippen LogP contribution >= 0.6 is 7.60 Å². The maximum Gasteiger partial charge on any atom is 0.362 e. The van der Waals surface area contributed by atoms with Crippen molar-refractivity contribution < 1.29 is 28.6 Å². The number of aliphatic hydroxyl groups excluding tert-OH is 2. The summed E-state index contributed by atoms with van der Waals surface area (Å²) in [4.78, 5) is 0. The van der Waals surface area contributed by atoms with Gasteiger partial charge in [0.2, 0.25) is 0 Å². The summed E-state index contributed by atoms with van der Waals surface area (Å²) in [7, 11) is -2.36. The van der Waals surface area contributed by atoms with E-state index in [4.69, 9.17) is 13.8 Å². The summed E-state index contributed by atoms with van der Waals surface area (Å²) in [6.07, 6.45) is -2.22. The van der Waals surface area contributed by atoms with Crippen LogP contribution in [0, 0.1) is 0 Å². The van der Waals surface area contributed by atoms with Crippen molar-refractivity contribution in [2.75, 3.05) is 7.11 Å². The second-order valence-electron chi connectivity index (χ2n) is 5.48. The van der Waals surface area contributed by atoms with Gasteiger partial charge in [0.15, 0.2) is 5.85 Å². The van der Waals surface area contributed by atoms with E-state index in [2.05, 4.69) is 0 Å². The van der Waals surface area contributed by atoms with E-state index in [1.807, 2.05) is 0 Å². The quantitative estimate of drug-likeness (QED) is 0.712. The molecule has 1 rings (SSSR count). The Morgan fingerprint density at radius 2 is 1.41 bits per heavy atom. The third-order valence-corrected chi connectivity index (χ3v) is 5.14. The van der Waals surface area contributed by atoms with Gasteiger partial charge >= 0.3 is 7.60 Å². The van der Waals surface area contributed by atoms with Crippen molar-refractivity contribution >= 4 is 7.60 Å². The number of hydrogen-bond acceptors (Lipinski definition) is 6. The molecule has 6 nitrogen and oxygen atoms in total. The van der Waals surface area contributed by atoms with Gasteiger partial charge in [-0.3, -0.25) is 4.57 Å². The average Bonchev–Trinajstić information content (AvgIpc) is 2.44. The summed E-state index contributed by atoms with van der Waals surface area (Å²) < 4.78 is 28.4. The first-order valence-electron chi connectivity index (χ1n) is 7.16. The minimum Gasteiger partial charge on any atom is -0.497 e. The maximum atomic E-state index is 12.8. The highest BCUT2D eigenvalue weighted by atomic mass is 31.2. The Morgan fingerprint density at radius 1 is 0.955 bits per heavy atom. The standard InChI is InChI=1S/C15H25O6P/c1-10(2)20-22(18,21-11(3)4)15(17)14(16)12-6-8-13(19-5)9-7-12/h6-11,14-17H,1-5H3/t14-,15-/m1/s1. The van der Waals surface area contributed by atoms with Gasteiger partial charge in [-0.2, -0.15) is 0 Å². The van der Waals surface area contributed by atoms with E-state index in [-0.39, 0.29) is 0 Å². The lowest BCUT2D eigenvalue weighted by atomic mass is 10.1. The zero-order chi connectivity index (χ0) is 16.9. The summed E-state index contributed by atoms with van der Waals surface area (Å²) >= 11 is 0. The van der Waals surface area contributed by atoms with E-state index in [1.54, 1.807) is 52.0 Å². The lowest BCUT2D eigenvalue weighted by Crippen LogP contribution is -2.24. The highest BCUT2D eigenvalue weighted by molar-refractivity contribution is 7.54. The van der Waals surface area contributed by atoms with E-state index in [9.17, 15) is 14.8 Å². The predicted octanol–water partition coefficient (Wildman–Crippen LogP) is 3.09. The molecule has 0 bridgehead atoms. The average molecular weight is 332 g/mol. The Bertz CT molecular complexity index is 485. The van der Waals surface area contributed by atoms with Gasteiger partial charge in [-0.1, -0.05) is 12.1 Å². The number of ether oxygens (including phenoxy) is 1. The molecule has 0 saturated carbocycles. The SMILES string of the molecule is COc1ccc([C@@H](O)[C@H](O)P(=O)(OC(C)C)OC(C)C)cc1. The van der Waals surface area contributed by atoms with Crippen LogP contribution in [0.15, 0.2) is 24.3 Å². The molecule has 126 valence electrons. The normalized spacial score (nSPS) is 15.1. The first kappa shape index (κ1) is 19.1. The molecule has 0 saturated heterocycles. The molecule has 0 fully saturated rings. The lowest BCUT2D eigenvalue weighted by Gasteiger charge is -2.29. The number of rotatable bonds is 8. The van der Waals surface area contributed by atoms with E-state index >= 15 is 0 Å². The predicted molar refractivity (Wildman–Crippen MR) is 84.0 cm³/mol. The summed E-state index contributed by atoms with van der Waals surface area (Å²) in [5.74, 6) is -1.06. The van der Waals surface area contributed by atoms with E-state index in [0.717, 1.165) is 0 Å². The van der Waals surface area contributed by atoms with Crippen LogP contribution in [0.2, 0.25) is 0 Å². The molecule has 2 N–H and O–H groups in total. The molecule has 22 heavy (non-hydrogen) atoms. The lowest BCUT2D eigenvalue weighted by molar-refractivity contribution is 0.0277. The molecule has 0 spiro atoms. The number of benzene rings is 1. The number of aliphatic hydroxyl groups is 2. The van der Waals surface area contributed by atoms with Crippen LogP contribution in [0.1, 0.15) is 39.4 Å². The fraction of sp³-hybridized carbons (Fsp3) is 0.600. The third kappa shape index (κ3) is 5.07. The zero-order valence-corrected chi connectivity index (χ0v) is 14.5. The van der Waals surface area contributed by atoms with Crippen molar-refractivity contribution in [1.29, 1.82) is 0 Å². The van der Waals surface area contributed by atoms with Crippen LogP contribution in [0.4, 0.5) is 0 Å². The fourth-order valence-electron chi connectivity index (χ4n) is 1.88. The maximum absolute atomic E-state index is 12.8. The minimum atomic E-state index is -3.89.